The molecule has 2 aliphatic heterocycles. The minimum Gasteiger partial charge on any atom is -0.392 e. The molecular formula is C9H17NO2. The molecule has 0 amide bonds. The van der Waals surface area contributed by atoms with Gasteiger partial charge in [-0.1, -0.05) is 0 Å². The van der Waals surface area contributed by atoms with Crippen molar-refractivity contribution >= 4 is 0 Å². The van der Waals surface area contributed by atoms with Crippen LogP contribution in [-0.2, 0) is 4.74 Å². The van der Waals surface area contributed by atoms with E-state index in [0.29, 0.717) is 6.04 Å². The van der Waals surface area contributed by atoms with Crippen LogP contribution in [0.4, 0.5) is 0 Å². The van der Waals surface area contributed by atoms with Gasteiger partial charge in [-0.15, -0.1) is 0 Å². The molecule has 0 bridgehead atoms. The third-order valence-electron chi connectivity index (χ3n) is 2.85. The van der Waals surface area contributed by atoms with Gasteiger partial charge in [0.25, 0.3) is 0 Å². The van der Waals surface area contributed by atoms with Crippen molar-refractivity contribution in [2.75, 3.05) is 26.3 Å². The summed E-state index contributed by atoms with van der Waals surface area (Å²) in [5, 5.41) is 9.35. The molecule has 2 heterocycles. The lowest BCUT2D eigenvalue weighted by Crippen LogP contribution is -2.40. The van der Waals surface area contributed by atoms with Crippen LogP contribution < -0.4 is 0 Å². The van der Waals surface area contributed by atoms with Gasteiger partial charge >= 0.3 is 0 Å². The first kappa shape index (κ1) is 8.48. The zero-order valence-corrected chi connectivity index (χ0v) is 7.41. The van der Waals surface area contributed by atoms with Crippen molar-refractivity contribution in [1.82, 2.24) is 4.90 Å². The van der Waals surface area contributed by atoms with Crippen LogP contribution in [0.3, 0.4) is 0 Å². The van der Waals surface area contributed by atoms with Crippen LogP contribution in [0.25, 0.3) is 0 Å². The summed E-state index contributed by atoms with van der Waals surface area (Å²) in [6.07, 6.45) is 3.27. The van der Waals surface area contributed by atoms with Gasteiger partial charge in [0.05, 0.1) is 12.7 Å². The van der Waals surface area contributed by atoms with Crippen LogP contribution in [0.1, 0.15) is 19.3 Å². The predicted octanol–water partition coefficient (Wildman–Crippen LogP) is 0.232. The number of β-amino-alcohol motifs (C(OH)–C–C–N with tert-alkyl or cyclic N) is 1. The second-order valence-corrected chi connectivity index (χ2v) is 3.81. The molecule has 0 radical (unpaired) electrons. The molecule has 3 nitrogen and oxygen atoms in total. The minimum atomic E-state index is -0.0908. The third-order valence-corrected chi connectivity index (χ3v) is 2.85. The number of rotatable bonds is 1. The molecular weight excluding hydrogens is 154 g/mol. The average molecular weight is 171 g/mol. The quantitative estimate of drug-likeness (QED) is 0.613. The lowest BCUT2D eigenvalue weighted by Gasteiger charge is -2.30. The van der Waals surface area contributed by atoms with Crippen LogP contribution in [0, 0.1) is 0 Å². The summed E-state index contributed by atoms with van der Waals surface area (Å²) in [6, 6.07) is 0.580. The Morgan fingerprint density at radius 1 is 1.33 bits per heavy atom. The van der Waals surface area contributed by atoms with Gasteiger partial charge in [0, 0.05) is 25.7 Å². The summed E-state index contributed by atoms with van der Waals surface area (Å²) in [5.41, 5.74) is 0. The van der Waals surface area contributed by atoms with Crippen molar-refractivity contribution in [3.8, 4) is 0 Å². The van der Waals surface area contributed by atoms with Crippen molar-refractivity contribution < 1.29 is 9.84 Å². The first-order valence-electron chi connectivity index (χ1n) is 4.86. The Morgan fingerprint density at radius 2 is 2.25 bits per heavy atom. The zero-order valence-electron chi connectivity index (χ0n) is 7.41. The Balaban J connectivity index is 1.83. The molecule has 0 spiro atoms. The Labute approximate surface area is 73.3 Å². The van der Waals surface area contributed by atoms with Gasteiger partial charge in [-0.3, -0.25) is 4.90 Å². The molecule has 2 fully saturated rings. The highest BCUT2D eigenvalue weighted by molar-refractivity contribution is 4.82. The SMILES string of the molecule is OC1CCN(C2CCCOC2)C1. The van der Waals surface area contributed by atoms with Gasteiger partial charge in [-0.25, -0.2) is 0 Å². The molecule has 3 heteroatoms. The maximum Gasteiger partial charge on any atom is 0.0679 e. The van der Waals surface area contributed by atoms with E-state index in [0.717, 1.165) is 32.7 Å². The fourth-order valence-corrected chi connectivity index (χ4v) is 2.11. The second-order valence-electron chi connectivity index (χ2n) is 3.81. The molecule has 0 aromatic heterocycles. The van der Waals surface area contributed by atoms with Gasteiger partial charge in [0.15, 0.2) is 0 Å². The number of aliphatic hydroxyl groups is 1. The first-order chi connectivity index (χ1) is 5.86. The standard InChI is InChI=1S/C9H17NO2/c11-9-3-4-10(6-9)8-2-1-5-12-7-8/h8-9,11H,1-7H2. The Bertz CT molecular complexity index is 143. The van der Waals surface area contributed by atoms with E-state index < -0.39 is 0 Å². The Morgan fingerprint density at radius 3 is 2.83 bits per heavy atom. The first-order valence-corrected chi connectivity index (χ1v) is 4.86. The maximum atomic E-state index is 9.35. The molecule has 1 N–H and O–H groups in total. The smallest absolute Gasteiger partial charge is 0.0679 e. The molecule has 0 aliphatic carbocycles. The number of aliphatic hydroxyl groups excluding tert-OH is 1. The molecule has 2 rings (SSSR count). The monoisotopic (exact) mass is 171 g/mol. The van der Waals surface area contributed by atoms with Crippen molar-refractivity contribution in [2.24, 2.45) is 0 Å². The lowest BCUT2D eigenvalue weighted by atomic mass is 10.1. The lowest BCUT2D eigenvalue weighted by molar-refractivity contribution is 0.0223. The number of ether oxygens (including phenoxy) is 1. The number of hydrogen-bond donors (Lipinski definition) is 1. The molecule has 2 aliphatic rings. The van der Waals surface area contributed by atoms with E-state index in [1.54, 1.807) is 0 Å². The molecule has 12 heavy (non-hydrogen) atoms. The number of hydrogen-bond acceptors (Lipinski definition) is 3. The summed E-state index contributed by atoms with van der Waals surface area (Å²) in [5.74, 6) is 0. The van der Waals surface area contributed by atoms with E-state index in [1.807, 2.05) is 0 Å². The molecule has 0 saturated carbocycles. The zero-order chi connectivity index (χ0) is 8.39. The van der Waals surface area contributed by atoms with Crippen LogP contribution >= 0.6 is 0 Å². The molecule has 2 unspecified atom stereocenters. The predicted molar refractivity (Wildman–Crippen MR) is 46.0 cm³/mol. The van der Waals surface area contributed by atoms with Crippen LogP contribution in [-0.4, -0.2) is 48.5 Å². The number of nitrogens with zero attached hydrogens (tertiary/aromatic N) is 1. The van der Waals surface area contributed by atoms with Gasteiger partial charge < -0.3 is 9.84 Å². The van der Waals surface area contributed by atoms with Crippen LogP contribution in [0.2, 0.25) is 0 Å². The Hall–Kier alpha value is -0.120. The topological polar surface area (TPSA) is 32.7 Å². The van der Waals surface area contributed by atoms with E-state index in [1.165, 1.54) is 12.8 Å². The highest BCUT2D eigenvalue weighted by Gasteiger charge is 2.28. The Kier molecular flexibility index (Phi) is 2.63. The van der Waals surface area contributed by atoms with E-state index in [2.05, 4.69) is 4.90 Å². The summed E-state index contributed by atoms with van der Waals surface area (Å²) >= 11 is 0. The van der Waals surface area contributed by atoms with E-state index in [-0.39, 0.29) is 6.10 Å². The average Bonchev–Trinajstić information content (AvgIpc) is 2.54. The summed E-state index contributed by atoms with van der Waals surface area (Å²) in [7, 11) is 0. The molecule has 2 saturated heterocycles. The van der Waals surface area contributed by atoms with Gasteiger partial charge in [-0.05, 0) is 19.3 Å². The fourth-order valence-electron chi connectivity index (χ4n) is 2.11. The highest BCUT2D eigenvalue weighted by Crippen LogP contribution is 2.18. The second kappa shape index (κ2) is 3.73. The molecule has 2 atom stereocenters. The van der Waals surface area contributed by atoms with Gasteiger partial charge in [0.2, 0.25) is 0 Å². The van der Waals surface area contributed by atoms with Crippen molar-refractivity contribution in [3.63, 3.8) is 0 Å². The molecule has 0 aromatic carbocycles. The maximum absolute atomic E-state index is 9.35. The summed E-state index contributed by atoms with van der Waals surface area (Å²) in [6.45, 7) is 3.70. The summed E-state index contributed by atoms with van der Waals surface area (Å²) in [4.78, 5) is 2.36. The minimum absolute atomic E-state index is 0.0908. The van der Waals surface area contributed by atoms with Gasteiger partial charge in [0.1, 0.15) is 0 Å². The number of likely N-dealkylation sites (tertiary alicyclic amines) is 1. The van der Waals surface area contributed by atoms with Gasteiger partial charge in [-0.2, -0.15) is 0 Å². The fraction of sp³-hybridized carbons (Fsp3) is 1.00. The van der Waals surface area contributed by atoms with Crippen LogP contribution in [0.15, 0.2) is 0 Å². The van der Waals surface area contributed by atoms with Crippen molar-refractivity contribution in [3.05, 3.63) is 0 Å². The van der Waals surface area contributed by atoms with E-state index >= 15 is 0 Å². The largest absolute Gasteiger partial charge is 0.392 e. The normalized spacial score (nSPS) is 38.8. The molecule has 0 aromatic rings. The van der Waals surface area contributed by atoms with Crippen LogP contribution in [0.5, 0.6) is 0 Å². The molecule has 70 valence electrons. The summed E-state index contributed by atoms with van der Waals surface area (Å²) < 4.78 is 5.41. The van der Waals surface area contributed by atoms with Crippen molar-refractivity contribution in [2.45, 2.75) is 31.4 Å². The highest BCUT2D eigenvalue weighted by atomic mass is 16.5. The third kappa shape index (κ3) is 1.79. The van der Waals surface area contributed by atoms with E-state index in [4.69, 9.17) is 4.74 Å². The van der Waals surface area contributed by atoms with Crippen molar-refractivity contribution in [1.29, 1.82) is 0 Å². The van der Waals surface area contributed by atoms with E-state index in [9.17, 15) is 5.11 Å².